The Labute approximate surface area is 116 Å². The molecule has 1 aromatic carbocycles. The van der Waals surface area contributed by atoms with Crippen LogP contribution in [0, 0.1) is 0 Å². The van der Waals surface area contributed by atoms with Crippen LogP contribution in [0.4, 0.5) is 10.5 Å². The lowest BCUT2D eigenvalue weighted by Gasteiger charge is -2.14. The number of aryl methyl sites for hydroxylation is 1. The minimum atomic E-state index is -0.265. The third-order valence-corrected chi connectivity index (χ3v) is 3.51. The van der Waals surface area contributed by atoms with Crippen molar-refractivity contribution in [2.75, 3.05) is 5.32 Å². The highest BCUT2D eigenvalue weighted by Crippen LogP contribution is 2.36. The number of benzene rings is 1. The summed E-state index contributed by atoms with van der Waals surface area (Å²) in [6.45, 7) is 0. The van der Waals surface area contributed by atoms with Gasteiger partial charge in [-0.05, 0) is 30.0 Å². The Morgan fingerprint density at radius 3 is 3.10 bits per heavy atom. The molecule has 1 heterocycles. The van der Waals surface area contributed by atoms with Crippen LogP contribution in [0.15, 0.2) is 30.6 Å². The first-order valence-corrected chi connectivity index (χ1v) is 6.50. The van der Waals surface area contributed by atoms with E-state index in [-0.39, 0.29) is 12.1 Å². The number of phenolic OH excluding ortho intramolecular Hbond substituents is 1. The summed E-state index contributed by atoms with van der Waals surface area (Å²) in [6, 6.07) is 5.09. The topological polar surface area (TPSA) is 79.2 Å². The molecule has 0 fully saturated rings. The van der Waals surface area contributed by atoms with Crippen molar-refractivity contribution in [1.82, 2.24) is 15.1 Å². The molecule has 0 saturated carbocycles. The molecule has 1 aliphatic carbocycles. The number of hydrogen-bond donors (Lipinski definition) is 3. The quantitative estimate of drug-likeness (QED) is 0.781. The zero-order chi connectivity index (χ0) is 14.1. The number of fused-ring (bicyclic) bond motifs is 1. The van der Waals surface area contributed by atoms with Crippen molar-refractivity contribution in [3.8, 4) is 5.75 Å². The van der Waals surface area contributed by atoms with E-state index in [0.29, 0.717) is 11.4 Å². The van der Waals surface area contributed by atoms with Crippen LogP contribution in [-0.4, -0.2) is 20.9 Å². The van der Waals surface area contributed by atoms with Gasteiger partial charge in [0.05, 0.1) is 17.9 Å². The summed E-state index contributed by atoms with van der Waals surface area (Å²) < 4.78 is 1.62. The summed E-state index contributed by atoms with van der Waals surface area (Å²) in [6.07, 6.45) is 4.90. The normalized spacial score (nSPS) is 16.8. The molecule has 0 saturated heterocycles. The number of nitrogens with one attached hydrogen (secondary N) is 2. The number of aromatic nitrogens is 2. The number of aromatic hydroxyl groups is 1. The Hall–Kier alpha value is -2.50. The molecule has 0 spiro atoms. The van der Waals surface area contributed by atoms with E-state index < -0.39 is 0 Å². The molecule has 3 rings (SSSR count). The molecule has 2 aromatic rings. The van der Waals surface area contributed by atoms with E-state index in [1.807, 2.05) is 6.07 Å². The summed E-state index contributed by atoms with van der Waals surface area (Å²) in [5, 5.41) is 19.4. The summed E-state index contributed by atoms with van der Waals surface area (Å²) in [7, 11) is 1.79. The van der Waals surface area contributed by atoms with Crippen LogP contribution in [-0.2, 0) is 13.5 Å². The smallest absolute Gasteiger partial charge is 0.319 e. The van der Waals surface area contributed by atoms with Crippen molar-refractivity contribution in [1.29, 1.82) is 0 Å². The van der Waals surface area contributed by atoms with Crippen LogP contribution in [0.2, 0.25) is 0 Å². The van der Waals surface area contributed by atoms with E-state index in [4.69, 9.17) is 0 Å². The molecular formula is C14H16N4O2. The molecule has 0 radical (unpaired) electrons. The molecule has 1 aromatic heterocycles. The van der Waals surface area contributed by atoms with Gasteiger partial charge >= 0.3 is 6.03 Å². The Kier molecular flexibility index (Phi) is 3.06. The zero-order valence-electron chi connectivity index (χ0n) is 11.1. The molecule has 6 heteroatoms. The van der Waals surface area contributed by atoms with Gasteiger partial charge in [-0.15, -0.1) is 0 Å². The monoisotopic (exact) mass is 272 g/mol. The lowest BCUT2D eigenvalue weighted by atomic mass is 10.1. The molecule has 3 N–H and O–H groups in total. The second kappa shape index (κ2) is 4.88. The van der Waals surface area contributed by atoms with E-state index in [9.17, 15) is 9.90 Å². The van der Waals surface area contributed by atoms with Gasteiger partial charge in [-0.3, -0.25) is 4.68 Å². The maximum absolute atomic E-state index is 12.0. The van der Waals surface area contributed by atoms with Crippen LogP contribution < -0.4 is 10.6 Å². The first kappa shape index (κ1) is 12.5. The molecule has 1 atom stereocenters. The Bertz CT molecular complexity index is 650. The van der Waals surface area contributed by atoms with E-state index >= 15 is 0 Å². The largest absolute Gasteiger partial charge is 0.508 e. The van der Waals surface area contributed by atoms with Gasteiger partial charge < -0.3 is 15.7 Å². The highest BCUT2D eigenvalue weighted by molar-refractivity contribution is 5.89. The van der Waals surface area contributed by atoms with Gasteiger partial charge in [0, 0.05) is 13.2 Å². The van der Waals surface area contributed by atoms with E-state index in [1.54, 1.807) is 36.3 Å². The number of hydrogen-bond acceptors (Lipinski definition) is 3. The van der Waals surface area contributed by atoms with Crippen molar-refractivity contribution in [2.45, 2.75) is 18.9 Å². The van der Waals surface area contributed by atoms with Gasteiger partial charge in [-0.1, -0.05) is 12.1 Å². The van der Waals surface area contributed by atoms with Gasteiger partial charge in [0.25, 0.3) is 0 Å². The van der Waals surface area contributed by atoms with Crippen molar-refractivity contribution in [2.24, 2.45) is 7.05 Å². The fourth-order valence-electron chi connectivity index (χ4n) is 2.60. The van der Waals surface area contributed by atoms with Gasteiger partial charge in [-0.25, -0.2) is 4.79 Å². The first-order valence-electron chi connectivity index (χ1n) is 6.50. The number of amides is 2. The average Bonchev–Trinajstić information content (AvgIpc) is 2.98. The maximum Gasteiger partial charge on any atom is 0.319 e. The Morgan fingerprint density at radius 1 is 1.50 bits per heavy atom. The van der Waals surface area contributed by atoms with Gasteiger partial charge in [0.2, 0.25) is 0 Å². The fraction of sp³-hybridized carbons (Fsp3) is 0.286. The summed E-state index contributed by atoms with van der Waals surface area (Å²) in [5.74, 6) is 0.305. The van der Waals surface area contributed by atoms with Crippen molar-refractivity contribution in [3.05, 3.63) is 41.7 Å². The van der Waals surface area contributed by atoms with Crippen molar-refractivity contribution < 1.29 is 9.90 Å². The van der Waals surface area contributed by atoms with Crippen LogP contribution in [0.3, 0.4) is 0 Å². The highest BCUT2D eigenvalue weighted by atomic mass is 16.3. The minimum absolute atomic E-state index is 0.0613. The van der Waals surface area contributed by atoms with Crippen LogP contribution in [0.5, 0.6) is 5.75 Å². The molecular weight excluding hydrogens is 256 g/mol. The zero-order valence-corrected chi connectivity index (χ0v) is 11.1. The summed E-state index contributed by atoms with van der Waals surface area (Å²) >= 11 is 0. The van der Waals surface area contributed by atoms with Crippen molar-refractivity contribution in [3.63, 3.8) is 0 Å². The van der Waals surface area contributed by atoms with E-state index in [0.717, 1.165) is 24.0 Å². The number of rotatable bonds is 2. The standard InChI is InChI=1S/C14H16N4O2/c1-18-8-9(7-15-18)16-14(20)17-12-6-5-11-10(12)3-2-4-13(11)19/h2-4,7-8,12,19H,5-6H2,1H3,(H2,16,17,20). The highest BCUT2D eigenvalue weighted by Gasteiger charge is 2.25. The van der Waals surface area contributed by atoms with Crippen LogP contribution >= 0.6 is 0 Å². The molecule has 0 aliphatic heterocycles. The summed E-state index contributed by atoms with van der Waals surface area (Å²) in [5.41, 5.74) is 2.57. The molecule has 6 nitrogen and oxygen atoms in total. The van der Waals surface area contributed by atoms with E-state index in [2.05, 4.69) is 15.7 Å². The molecule has 2 amide bonds. The number of nitrogens with zero attached hydrogens (tertiary/aromatic N) is 2. The second-order valence-corrected chi connectivity index (χ2v) is 4.94. The predicted molar refractivity (Wildman–Crippen MR) is 74.5 cm³/mol. The molecule has 1 unspecified atom stereocenters. The van der Waals surface area contributed by atoms with E-state index in [1.165, 1.54) is 0 Å². The predicted octanol–water partition coefficient (Wildman–Crippen LogP) is 1.93. The minimum Gasteiger partial charge on any atom is -0.508 e. The van der Waals surface area contributed by atoms with Gasteiger partial charge in [0.15, 0.2) is 0 Å². The lowest BCUT2D eigenvalue weighted by molar-refractivity contribution is 0.248. The average molecular weight is 272 g/mol. The number of phenols is 1. The summed E-state index contributed by atoms with van der Waals surface area (Å²) in [4.78, 5) is 12.0. The number of anilines is 1. The second-order valence-electron chi connectivity index (χ2n) is 4.94. The third kappa shape index (κ3) is 2.32. The lowest BCUT2D eigenvalue weighted by Crippen LogP contribution is -2.31. The fourth-order valence-corrected chi connectivity index (χ4v) is 2.60. The number of carbonyl (C=O) groups is 1. The third-order valence-electron chi connectivity index (χ3n) is 3.51. The van der Waals surface area contributed by atoms with Gasteiger partial charge in [-0.2, -0.15) is 5.10 Å². The van der Waals surface area contributed by atoms with Crippen LogP contribution in [0.1, 0.15) is 23.6 Å². The molecule has 20 heavy (non-hydrogen) atoms. The van der Waals surface area contributed by atoms with Crippen molar-refractivity contribution >= 4 is 11.7 Å². The number of carbonyl (C=O) groups excluding carboxylic acids is 1. The molecule has 1 aliphatic rings. The number of urea groups is 1. The van der Waals surface area contributed by atoms with Gasteiger partial charge in [0.1, 0.15) is 5.75 Å². The SMILES string of the molecule is Cn1cc(NC(=O)NC2CCc3c(O)cccc32)cn1. The Morgan fingerprint density at radius 2 is 2.35 bits per heavy atom. The molecule has 104 valence electrons. The Balaban J connectivity index is 1.68. The maximum atomic E-state index is 12.0. The molecule has 0 bridgehead atoms. The first-order chi connectivity index (χ1) is 9.63. The van der Waals surface area contributed by atoms with Crippen LogP contribution in [0.25, 0.3) is 0 Å².